The van der Waals surface area contributed by atoms with Crippen molar-refractivity contribution in [3.8, 4) is 6.07 Å². The van der Waals surface area contributed by atoms with Crippen LogP contribution < -0.4 is 0 Å². The van der Waals surface area contributed by atoms with E-state index < -0.39 is 6.17 Å². The van der Waals surface area contributed by atoms with Crippen molar-refractivity contribution in [3.05, 3.63) is 0 Å². The summed E-state index contributed by atoms with van der Waals surface area (Å²) in [4.78, 5) is 2.17. The highest BCUT2D eigenvalue weighted by atomic mass is 19.1. The Morgan fingerprint density at radius 1 is 1.55 bits per heavy atom. The van der Waals surface area contributed by atoms with Crippen molar-refractivity contribution in [2.75, 3.05) is 20.1 Å². The number of nitriles is 1. The number of piperidine rings is 1. The standard InChI is InChI=1S/C8H13FN2/c1-11-4-2-7(3-5-11)8(9)6-10/h7-8H,2-5H2,1H3. The molecule has 11 heavy (non-hydrogen) atoms. The maximum Gasteiger partial charge on any atom is 0.189 e. The number of hydrogen-bond donors (Lipinski definition) is 0. The Bertz CT molecular complexity index is 156. The SMILES string of the molecule is CN1CCC(C(F)C#N)CC1. The Labute approximate surface area is 66.6 Å². The molecule has 0 aliphatic carbocycles. The third-order valence-electron chi connectivity index (χ3n) is 2.30. The first-order chi connectivity index (χ1) is 5.24. The lowest BCUT2D eigenvalue weighted by molar-refractivity contribution is 0.165. The van der Waals surface area contributed by atoms with Gasteiger partial charge in [0.1, 0.15) is 6.07 Å². The molecule has 1 aliphatic rings. The van der Waals surface area contributed by atoms with Gasteiger partial charge in [0.25, 0.3) is 0 Å². The number of hydrogen-bond acceptors (Lipinski definition) is 2. The molecule has 0 saturated carbocycles. The van der Waals surface area contributed by atoms with Crippen molar-refractivity contribution in [1.82, 2.24) is 4.90 Å². The zero-order valence-electron chi connectivity index (χ0n) is 6.76. The molecule has 1 saturated heterocycles. The largest absolute Gasteiger partial charge is 0.306 e. The molecule has 0 aromatic rings. The maximum atomic E-state index is 12.8. The van der Waals surface area contributed by atoms with Crippen molar-refractivity contribution in [1.29, 1.82) is 5.26 Å². The third-order valence-corrected chi connectivity index (χ3v) is 2.30. The second-order valence-electron chi connectivity index (χ2n) is 3.17. The third kappa shape index (κ3) is 2.16. The van der Waals surface area contributed by atoms with E-state index >= 15 is 0 Å². The Kier molecular flexibility index (Phi) is 2.84. The molecule has 0 aromatic heterocycles. The maximum absolute atomic E-state index is 12.8. The Morgan fingerprint density at radius 2 is 2.09 bits per heavy atom. The minimum Gasteiger partial charge on any atom is -0.306 e. The monoisotopic (exact) mass is 156 g/mol. The molecular formula is C8H13FN2. The number of halogens is 1. The molecule has 3 heteroatoms. The first-order valence-corrected chi connectivity index (χ1v) is 3.96. The summed E-state index contributed by atoms with van der Waals surface area (Å²) in [6.45, 7) is 1.85. The average molecular weight is 156 g/mol. The lowest BCUT2D eigenvalue weighted by Gasteiger charge is -2.28. The Hall–Kier alpha value is -0.620. The lowest BCUT2D eigenvalue weighted by Crippen LogP contribution is -2.33. The van der Waals surface area contributed by atoms with Gasteiger partial charge in [-0.05, 0) is 33.0 Å². The number of likely N-dealkylation sites (tertiary alicyclic amines) is 1. The quantitative estimate of drug-likeness (QED) is 0.570. The van der Waals surface area contributed by atoms with Gasteiger partial charge in [-0.1, -0.05) is 0 Å². The molecule has 2 nitrogen and oxygen atoms in total. The molecule has 0 amide bonds. The van der Waals surface area contributed by atoms with Gasteiger partial charge in [-0.3, -0.25) is 0 Å². The van der Waals surface area contributed by atoms with Gasteiger partial charge >= 0.3 is 0 Å². The lowest BCUT2D eigenvalue weighted by atomic mass is 9.93. The summed E-state index contributed by atoms with van der Waals surface area (Å²) >= 11 is 0. The summed E-state index contributed by atoms with van der Waals surface area (Å²) in [5.41, 5.74) is 0. The first-order valence-electron chi connectivity index (χ1n) is 3.96. The summed E-state index contributed by atoms with van der Waals surface area (Å²) in [5.74, 6) is -0.0174. The summed E-state index contributed by atoms with van der Waals surface area (Å²) in [6, 6.07) is 1.66. The predicted molar refractivity (Wildman–Crippen MR) is 40.7 cm³/mol. The summed E-state index contributed by atoms with van der Waals surface area (Å²) in [6.07, 6.45) is 0.403. The van der Waals surface area contributed by atoms with Gasteiger partial charge in [0.15, 0.2) is 6.17 Å². The highest BCUT2D eigenvalue weighted by molar-refractivity contribution is 4.90. The minimum atomic E-state index is -1.25. The van der Waals surface area contributed by atoms with Crippen LogP contribution in [-0.4, -0.2) is 31.2 Å². The number of rotatable bonds is 1. The van der Waals surface area contributed by atoms with Crippen LogP contribution in [0.5, 0.6) is 0 Å². The molecule has 1 unspecified atom stereocenters. The highest BCUT2D eigenvalue weighted by Gasteiger charge is 2.24. The van der Waals surface area contributed by atoms with Crippen LogP contribution in [0.3, 0.4) is 0 Å². The molecule has 1 heterocycles. The van der Waals surface area contributed by atoms with E-state index in [0.717, 1.165) is 25.9 Å². The van der Waals surface area contributed by atoms with Crippen molar-refractivity contribution in [2.24, 2.45) is 5.92 Å². The molecule has 1 rings (SSSR count). The molecule has 1 fully saturated rings. The molecule has 0 bridgehead atoms. The normalized spacial score (nSPS) is 24.5. The fourth-order valence-electron chi connectivity index (χ4n) is 1.43. The molecule has 62 valence electrons. The van der Waals surface area contributed by atoms with E-state index in [1.807, 2.05) is 7.05 Å². The van der Waals surface area contributed by atoms with Gasteiger partial charge in [-0.25, -0.2) is 4.39 Å². The molecule has 0 aromatic carbocycles. The van der Waals surface area contributed by atoms with Gasteiger partial charge in [-0.15, -0.1) is 0 Å². The Morgan fingerprint density at radius 3 is 2.55 bits per heavy atom. The van der Waals surface area contributed by atoms with Crippen molar-refractivity contribution in [2.45, 2.75) is 19.0 Å². The van der Waals surface area contributed by atoms with Crippen LogP contribution >= 0.6 is 0 Å². The molecule has 0 radical (unpaired) electrons. The predicted octanol–water partition coefficient (Wildman–Crippen LogP) is 1.19. The van der Waals surface area contributed by atoms with Crippen LogP contribution in [0, 0.1) is 17.2 Å². The summed E-state index contributed by atoms with van der Waals surface area (Å²) in [5, 5.41) is 8.31. The van der Waals surface area contributed by atoms with E-state index in [9.17, 15) is 4.39 Å². The van der Waals surface area contributed by atoms with Crippen LogP contribution in [0.1, 0.15) is 12.8 Å². The minimum absolute atomic E-state index is 0.0174. The number of nitrogens with zero attached hydrogens (tertiary/aromatic N) is 2. The van der Waals surface area contributed by atoms with Crippen LogP contribution in [0.2, 0.25) is 0 Å². The second-order valence-corrected chi connectivity index (χ2v) is 3.17. The topological polar surface area (TPSA) is 27.0 Å². The van der Waals surface area contributed by atoms with Gasteiger partial charge < -0.3 is 4.90 Å². The Balaban J connectivity index is 2.34. The van der Waals surface area contributed by atoms with Crippen molar-refractivity contribution < 1.29 is 4.39 Å². The summed E-state index contributed by atoms with van der Waals surface area (Å²) < 4.78 is 12.8. The molecular weight excluding hydrogens is 143 g/mol. The van der Waals surface area contributed by atoms with Crippen LogP contribution in [-0.2, 0) is 0 Å². The molecule has 1 aliphatic heterocycles. The fourth-order valence-corrected chi connectivity index (χ4v) is 1.43. The first kappa shape index (κ1) is 8.48. The van der Waals surface area contributed by atoms with E-state index in [1.54, 1.807) is 6.07 Å². The molecule has 1 atom stereocenters. The van der Waals surface area contributed by atoms with Gasteiger partial charge in [0, 0.05) is 5.92 Å². The van der Waals surface area contributed by atoms with E-state index in [2.05, 4.69) is 4.90 Å². The van der Waals surface area contributed by atoms with E-state index in [4.69, 9.17) is 5.26 Å². The zero-order valence-corrected chi connectivity index (χ0v) is 6.76. The van der Waals surface area contributed by atoms with E-state index in [1.165, 1.54) is 0 Å². The van der Waals surface area contributed by atoms with Crippen molar-refractivity contribution >= 4 is 0 Å². The van der Waals surface area contributed by atoms with Crippen LogP contribution in [0.4, 0.5) is 4.39 Å². The van der Waals surface area contributed by atoms with Crippen LogP contribution in [0.25, 0.3) is 0 Å². The van der Waals surface area contributed by atoms with Crippen LogP contribution in [0.15, 0.2) is 0 Å². The smallest absolute Gasteiger partial charge is 0.189 e. The second kappa shape index (κ2) is 3.68. The summed E-state index contributed by atoms with van der Waals surface area (Å²) in [7, 11) is 2.02. The fraction of sp³-hybridized carbons (Fsp3) is 0.875. The number of alkyl halides is 1. The van der Waals surface area contributed by atoms with Gasteiger partial charge in [0.05, 0.1) is 0 Å². The van der Waals surface area contributed by atoms with Gasteiger partial charge in [-0.2, -0.15) is 5.26 Å². The average Bonchev–Trinajstić information content (AvgIpc) is 2.05. The van der Waals surface area contributed by atoms with E-state index in [0.29, 0.717) is 0 Å². The highest BCUT2D eigenvalue weighted by Crippen LogP contribution is 2.21. The van der Waals surface area contributed by atoms with Gasteiger partial charge in [0.2, 0.25) is 0 Å². The zero-order chi connectivity index (χ0) is 8.27. The molecule has 0 N–H and O–H groups in total. The molecule has 0 spiro atoms. The van der Waals surface area contributed by atoms with Crippen molar-refractivity contribution in [3.63, 3.8) is 0 Å². The van der Waals surface area contributed by atoms with E-state index in [-0.39, 0.29) is 5.92 Å².